The van der Waals surface area contributed by atoms with Gasteiger partial charge in [-0.2, -0.15) is 0 Å². The minimum Gasteiger partial charge on any atom is -0.481 e. The number of benzene rings is 1. The van der Waals surface area contributed by atoms with Crippen LogP contribution in [0.1, 0.15) is 32.3 Å². The van der Waals surface area contributed by atoms with Gasteiger partial charge in [-0.25, -0.2) is 0 Å². The molecule has 132 valence electrons. The standard InChI is InChI=1S/C19H21NO3S2/c1-13(2)11-15(14-7-4-3-5-8-14)12-16-18(23)20(19(24)25-16)10-6-9-17(21)22/h3-5,7-8,11-13H,6,9-10H2,1-2H3,(H,21,22)/b15-11-,16-12-. The molecule has 1 aliphatic rings. The van der Waals surface area contributed by atoms with Gasteiger partial charge in [-0.3, -0.25) is 14.5 Å². The molecule has 2 rings (SSSR count). The van der Waals surface area contributed by atoms with Gasteiger partial charge in [-0.05, 0) is 29.6 Å². The number of carbonyl (C=O) groups is 2. The number of carboxylic acids is 1. The topological polar surface area (TPSA) is 57.6 Å². The van der Waals surface area contributed by atoms with Crippen molar-refractivity contribution in [2.24, 2.45) is 5.92 Å². The van der Waals surface area contributed by atoms with Crippen molar-refractivity contribution in [3.63, 3.8) is 0 Å². The van der Waals surface area contributed by atoms with Gasteiger partial charge in [0.05, 0.1) is 4.91 Å². The third kappa shape index (κ3) is 5.54. The highest BCUT2D eigenvalue weighted by atomic mass is 32.2. The van der Waals surface area contributed by atoms with E-state index in [-0.39, 0.29) is 12.3 Å². The fourth-order valence-corrected chi connectivity index (χ4v) is 3.74. The number of rotatable bonds is 7. The number of thiocarbonyl (C=S) groups is 1. The largest absolute Gasteiger partial charge is 0.481 e. The zero-order chi connectivity index (χ0) is 18.4. The number of hydrogen-bond donors (Lipinski definition) is 1. The summed E-state index contributed by atoms with van der Waals surface area (Å²) in [5, 5.41) is 8.74. The lowest BCUT2D eigenvalue weighted by atomic mass is 10.0. The van der Waals surface area contributed by atoms with Crippen LogP contribution >= 0.6 is 24.0 Å². The summed E-state index contributed by atoms with van der Waals surface area (Å²) >= 11 is 6.56. The Balaban J connectivity index is 2.22. The zero-order valence-corrected chi connectivity index (χ0v) is 15.9. The van der Waals surface area contributed by atoms with E-state index in [0.29, 0.717) is 28.1 Å². The molecular weight excluding hydrogens is 354 g/mol. The number of carbonyl (C=O) groups excluding carboxylic acids is 1. The summed E-state index contributed by atoms with van der Waals surface area (Å²) < 4.78 is 0.485. The van der Waals surface area contributed by atoms with E-state index in [4.69, 9.17) is 17.3 Å². The number of nitrogens with zero attached hydrogens (tertiary/aromatic N) is 1. The molecule has 6 heteroatoms. The molecule has 0 bridgehead atoms. The molecule has 1 N–H and O–H groups in total. The Labute approximate surface area is 157 Å². The Bertz CT molecular complexity index is 723. The van der Waals surface area contributed by atoms with Crippen LogP contribution in [0.15, 0.2) is 47.4 Å². The molecule has 0 unspecified atom stereocenters. The fourth-order valence-electron chi connectivity index (χ4n) is 2.44. The molecule has 1 aromatic carbocycles. The first kappa shape index (κ1) is 19.4. The average Bonchev–Trinajstić information content (AvgIpc) is 2.82. The highest BCUT2D eigenvalue weighted by Gasteiger charge is 2.31. The maximum Gasteiger partial charge on any atom is 0.303 e. The molecule has 1 fully saturated rings. The van der Waals surface area contributed by atoms with Crippen molar-refractivity contribution in [3.8, 4) is 0 Å². The van der Waals surface area contributed by atoms with Crippen LogP contribution in [0.5, 0.6) is 0 Å². The van der Waals surface area contributed by atoms with E-state index in [0.717, 1.165) is 11.1 Å². The summed E-state index contributed by atoms with van der Waals surface area (Å²) in [6.07, 6.45) is 4.42. The SMILES string of the molecule is CC(C)/C=C(/C=C1\SC(=S)N(CCCC(=O)O)C1=O)c1ccccc1. The number of hydrogen-bond acceptors (Lipinski definition) is 4. The summed E-state index contributed by atoms with van der Waals surface area (Å²) in [7, 11) is 0. The molecule has 1 saturated heterocycles. The highest BCUT2D eigenvalue weighted by Crippen LogP contribution is 2.34. The summed E-state index contributed by atoms with van der Waals surface area (Å²) in [5.41, 5.74) is 2.04. The van der Waals surface area contributed by atoms with Crippen LogP contribution in [-0.2, 0) is 9.59 Å². The zero-order valence-electron chi connectivity index (χ0n) is 14.3. The predicted octanol–water partition coefficient (Wildman–Crippen LogP) is 4.34. The number of amides is 1. The van der Waals surface area contributed by atoms with Crippen molar-refractivity contribution < 1.29 is 14.7 Å². The molecule has 1 aliphatic heterocycles. The number of aliphatic carboxylic acids is 1. The molecule has 25 heavy (non-hydrogen) atoms. The van der Waals surface area contributed by atoms with Gasteiger partial charge < -0.3 is 5.11 Å². The van der Waals surface area contributed by atoms with Crippen molar-refractivity contribution in [2.45, 2.75) is 26.7 Å². The molecule has 1 amide bonds. The molecule has 4 nitrogen and oxygen atoms in total. The number of allylic oxidation sites excluding steroid dienone is 3. The van der Waals surface area contributed by atoms with Crippen molar-refractivity contribution in [3.05, 3.63) is 53.0 Å². The Morgan fingerprint density at radius 1 is 1.32 bits per heavy atom. The molecule has 0 spiro atoms. The summed E-state index contributed by atoms with van der Waals surface area (Å²) in [5.74, 6) is -0.676. The minimum atomic E-state index is -0.868. The third-order valence-corrected chi connectivity index (χ3v) is 4.93. The van der Waals surface area contributed by atoms with Gasteiger partial charge in [-0.1, -0.05) is 74.2 Å². The van der Waals surface area contributed by atoms with E-state index in [1.165, 1.54) is 16.7 Å². The number of carboxylic acid groups (broad SMARTS) is 1. The highest BCUT2D eigenvalue weighted by molar-refractivity contribution is 8.26. The van der Waals surface area contributed by atoms with Crippen molar-refractivity contribution in [2.75, 3.05) is 6.54 Å². The lowest BCUT2D eigenvalue weighted by Crippen LogP contribution is -2.29. The summed E-state index contributed by atoms with van der Waals surface area (Å²) in [6.45, 7) is 4.52. The maximum atomic E-state index is 12.6. The van der Waals surface area contributed by atoms with E-state index >= 15 is 0 Å². The fraction of sp³-hybridized carbons (Fsp3) is 0.316. The van der Waals surface area contributed by atoms with Crippen molar-refractivity contribution >= 4 is 45.7 Å². The minimum absolute atomic E-state index is 0.0264. The van der Waals surface area contributed by atoms with Crippen molar-refractivity contribution in [1.82, 2.24) is 4.90 Å². The third-order valence-electron chi connectivity index (χ3n) is 3.55. The van der Waals surface area contributed by atoms with Gasteiger partial charge in [0.25, 0.3) is 5.91 Å². The van der Waals surface area contributed by atoms with Crippen molar-refractivity contribution in [1.29, 1.82) is 0 Å². The van der Waals surface area contributed by atoms with Crippen LogP contribution in [0.2, 0.25) is 0 Å². The second kappa shape index (κ2) is 8.97. The second-order valence-electron chi connectivity index (χ2n) is 6.06. The van der Waals surface area contributed by atoms with Crippen LogP contribution in [0.3, 0.4) is 0 Å². The van der Waals surface area contributed by atoms with Crippen LogP contribution in [0, 0.1) is 5.92 Å². The van der Waals surface area contributed by atoms with Gasteiger partial charge in [-0.15, -0.1) is 0 Å². The molecule has 1 heterocycles. The summed E-state index contributed by atoms with van der Waals surface area (Å²) in [6, 6.07) is 9.91. The smallest absolute Gasteiger partial charge is 0.303 e. The first-order valence-corrected chi connectivity index (χ1v) is 9.35. The summed E-state index contributed by atoms with van der Waals surface area (Å²) in [4.78, 5) is 25.3. The van der Waals surface area contributed by atoms with Crippen LogP contribution < -0.4 is 0 Å². The monoisotopic (exact) mass is 375 g/mol. The molecule has 0 aromatic heterocycles. The quantitative estimate of drug-likeness (QED) is 0.568. The van der Waals surface area contributed by atoms with E-state index < -0.39 is 5.97 Å². The molecule has 0 saturated carbocycles. The van der Waals surface area contributed by atoms with Gasteiger partial charge in [0, 0.05) is 13.0 Å². The first-order valence-electron chi connectivity index (χ1n) is 8.13. The lowest BCUT2D eigenvalue weighted by Gasteiger charge is -2.13. The first-order chi connectivity index (χ1) is 11.9. The normalized spacial score (nSPS) is 17.0. The van der Waals surface area contributed by atoms with E-state index in [1.54, 1.807) is 0 Å². The molecular formula is C19H21NO3S2. The van der Waals surface area contributed by atoms with Gasteiger partial charge in [0.2, 0.25) is 0 Å². The van der Waals surface area contributed by atoms with Gasteiger partial charge in [0.15, 0.2) is 0 Å². The van der Waals surface area contributed by atoms with E-state index in [2.05, 4.69) is 19.9 Å². The second-order valence-corrected chi connectivity index (χ2v) is 7.74. The van der Waals surface area contributed by atoms with Crippen LogP contribution in [0.4, 0.5) is 0 Å². The van der Waals surface area contributed by atoms with E-state index in [1.807, 2.05) is 36.4 Å². The Kier molecular flexibility index (Phi) is 6.96. The molecule has 0 atom stereocenters. The Morgan fingerprint density at radius 2 is 2.00 bits per heavy atom. The maximum absolute atomic E-state index is 12.6. The average molecular weight is 376 g/mol. The molecule has 0 radical (unpaired) electrons. The molecule has 0 aliphatic carbocycles. The van der Waals surface area contributed by atoms with Crippen LogP contribution in [-0.4, -0.2) is 32.7 Å². The van der Waals surface area contributed by atoms with Crippen LogP contribution in [0.25, 0.3) is 5.57 Å². The Hall–Kier alpha value is -1.92. The number of thioether (sulfide) groups is 1. The Morgan fingerprint density at radius 3 is 2.60 bits per heavy atom. The predicted molar refractivity (Wildman–Crippen MR) is 106 cm³/mol. The lowest BCUT2D eigenvalue weighted by molar-refractivity contribution is -0.137. The van der Waals surface area contributed by atoms with E-state index in [9.17, 15) is 9.59 Å². The molecule has 1 aromatic rings. The van der Waals surface area contributed by atoms with Gasteiger partial charge >= 0.3 is 5.97 Å². The van der Waals surface area contributed by atoms with Gasteiger partial charge in [0.1, 0.15) is 4.32 Å².